The van der Waals surface area contributed by atoms with Gasteiger partial charge in [0.05, 0.1) is 6.21 Å². The summed E-state index contributed by atoms with van der Waals surface area (Å²) >= 11 is 0. The molecule has 6 nitrogen and oxygen atoms in total. The van der Waals surface area contributed by atoms with Crippen LogP contribution in [-0.2, 0) is 4.79 Å². The Morgan fingerprint density at radius 1 is 1.04 bits per heavy atom. The predicted octanol–water partition coefficient (Wildman–Crippen LogP) is 2.60. The number of benzene rings is 3. The normalized spacial score (nSPS) is 19.6. The molecular weight excluding hydrogens is 340 g/mol. The number of fused-ring (bicyclic) bond motifs is 1. The van der Waals surface area contributed by atoms with E-state index in [4.69, 9.17) is 0 Å². The fourth-order valence-electron chi connectivity index (χ4n) is 3.33. The summed E-state index contributed by atoms with van der Waals surface area (Å²) in [5.74, 6) is -0.107. The van der Waals surface area contributed by atoms with Crippen molar-refractivity contribution in [3.63, 3.8) is 0 Å². The first-order valence-electron chi connectivity index (χ1n) is 8.82. The van der Waals surface area contributed by atoms with Crippen LogP contribution in [0.25, 0.3) is 10.8 Å². The van der Waals surface area contributed by atoms with Gasteiger partial charge in [0.1, 0.15) is 11.8 Å². The smallest absolute Gasteiger partial charge is 0.258 e. The van der Waals surface area contributed by atoms with E-state index in [1.807, 2.05) is 18.2 Å². The average Bonchev–Trinajstić information content (AvgIpc) is 3.19. The largest absolute Gasteiger partial charge is 0.507 e. The van der Waals surface area contributed by atoms with Crippen molar-refractivity contribution >= 4 is 22.9 Å². The van der Waals surface area contributed by atoms with Crippen LogP contribution in [0, 0.1) is 0 Å². The second-order valence-electron chi connectivity index (χ2n) is 6.49. The van der Waals surface area contributed by atoms with E-state index in [1.54, 1.807) is 24.3 Å². The van der Waals surface area contributed by atoms with Crippen molar-refractivity contribution < 1.29 is 9.90 Å². The molecule has 6 heteroatoms. The van der Waals surface area contributed by atoms with Crippen molar-refractivity contribution in [2.45, 2.75) is 18.5 Å². The number of aromatic hydroxyl groups is 1. The van der Waals surface area contributed by atoms with E-state index in [-0.39, 0.29) is 17.7 Å². The maximum absolute atomic E-state index is 12.4. The Labute approximate surface area is 156 Å². The molecular formula is C21H20N4O2. The van der Waals surface area contributed by atoms with Gasteiger partial charge in [-0.2, -0.15) is 5.10 Å². The molecule has 0 aromatic heterocycles. The van der Waals surface area contributed by atoms with Crippen LogP contribution in [0.15, 0.2) is 71.8 Å². The lowest BCUT2D eigenvalue weighted by Gasteiger charge is -2.13. The molecule has 3 aromatic rings. The van der Waals surface area contributed by atoms with Crippen LogP contribution in [0.5, 0.6) is 5.75 Å². The molecule has 1 amide bonds. The highest BCUT2D eigenvalue weighted by Gasteiger charge is 2.30. The van der Waals surface area contributed by atoms with Crippen molar-refractivity contribution in [2.75, 3.05) is 0 Å². The highest BCUT2D eigenvalue weighted by molar-refractivity contribution is 5.88. The van der Waals surface area contributed by atoms with Crippen molar-refractivity contribution in [1.82, 2.24) is 16.3 Å². The number of amides is 1. The maximum Gasteiger partial charge on any atom is 0.258 e. The van der Waals surface area contributed by atoms with Crippen LogP contribution >= 0.6 is 0 Å². The van der Waals surface area contributed by atoms with Crippen LogP contribution in [-0.4, -0.2) is 23.3 Å². The zero-order valence-electron chi connectivity index (χ0n) is 14.6. The van der Waals surface area contributed by atoms with E-state index < -0.39 is 6.04 Å². The Kier molecular flexibility index (Phi) is 4.82. The number of rotatable bonds is 4. The SMILES string of the molecule is O=C(N/N=C/c1ccccc1O)C1CC(c2cccc3ccccc23)NN1. The molecule has 4 rings (SSSR count). The average molecular weight is 360 g/mol. The van der Waals surface area contributed by atoms with E-state index in [2.05, 4.69) is 45.6 Å². The van der Waals surface area contributed by atoms with Gasteiger partial charge in [-0.15, -0.1) is 0 Å². The van der Waals surface area contributed by atoms with Crippen LogP contribution in [0.1, 0.15) is 23.6 Å². The Morgan fingerprint density at radius 3 is 2.70 bits per heavy atom. The van der Waals surface area contributed by atoms with E-state index in [9.17, 15) is 9.90 Å². The quantitative estimate of drug-likeness (QED) is 0.426. The standard InChI is InChI=1S/C21H20N4O2/c26-20-11-4-2-7-15(20)13-22-25-21(27)19-12-18(23-24-19)17-10-5-8-14-6-1-3-9-16(14)17/h1-11,13,18-19,23-24,26H,12H2,(H,25,27)/b22-13+. The topological polar surface area (TPSA) is 85.8 Å². The molecule has 1 aliphatic heterocycles. The van der Waals surface area contributed by atoms with Gasteiger partial charge in [0, 0.05) is 11.6 Å². The van der Waals surface area contributed by atoms with E-state index >= 15 is 0 Å². The number of nitrogens with zero attached hydrogens (tertiary/aromatic N) is 1. The van der Waals surface area contributed by atoms with Crippen LogP contribution in [0.2, 0.25) is 0 Å². The zero-order chi connectivity index (χ0) is 18.6. The Balaban J connectivity index is 1.42. The zero-order valence-corrected chi connectivity index (χ0v) is 14.6. The first kappa shape index (κ1) is 17.2. The summed E-state index contributed by atoms with van der Waals surface area (Å²) in [6.45, 7) is 0. The molecule has 0 aliphatic carbocycles. The molecule has 3 aromatic carbocycles. The molecule has 1 aliphatic rings. The number of hydrazone groups is 1. The summed E-state index contributed by atoms with van der Waals surface area (Å²) in [6.07, 6.45) is 2.05. The van der Waals surface area contributed by atoms with Crippen molar-refractivity contribution in [2.24, 2.45) is 5.10 Å². The molecule has 4 N–H and O–H groups in total. The summed E-state index contributed by atoms with van der Waals surface area (Å²) < 4.78 is 0. The molecule has 2 unspecified atom stereocenters. The minimum atomic E-state index is -0.393. The first-order valence-corrected chi connectivity index (χ1v) is 8.82. The number of phenols is 1. The number of phenolic OH excluding ortho intramolecular Hbond substituents is 1. The van der Waals surface area contributed by atoms with Gasteiger partial charge in [-0.25, -0.2) is 16.3 Å². The van der Waals surface area contributed by atoms with Crippen molar-refractivity contribution in [3.05, 3.63) is 77.9 Å². The van der Waals surface area contributed by atoms with Gasteiger partial charge < -0.3 is 5.11 Å². The van der Waals surface area contributed by atoms with Crippen LogP contribution in [0.3, 0.4) is 0 Å². The Morgan fingerprint density at radius 2 is 1.81 bits per heavy atom. The van der Waals surface area contributed by atoms with Gasteiger partial charge in [-0.3, -0.25) is 4.79 Å². The third-order valence-electron chi connectivity index (χ3n) is 4.73. The van der Waals surface area contributed by atoms with E-state index in [1.165, 1.54) is 17.0 Å². The number of carbonyl (C=O) groups excluding carboxylic acids is 1. The molecule has 1 saturated heterocycles. The van der Waals surface area contributed by atoms with E-state index in [0.29, 0.717) is 12.0 Å². The molecule has 0 spiro atoms. The van der Waals surface area contributed by atoms with E-state index in [0.717, 1.165) is 5.56 Å². The molecule has 1 fully saturated rings. The molecule has 0 radical (unpaired) electrons. The first-order chi connectivity index (χ1) is 13.2. The summed E-state index contributed by atoms with van der Waals surface area (Å²) in [7, 11) is 0. The lowest BCUT2D eigenvalue weighted by Crippen LogP contribution is -2.41. The van der Waals surface area contributed by atoms with Gasteiger partial charge in [0.25, 0.3) is 5.91 Å². The van der Waals surface area contributed by atoms with Crippen LogP contribution < -0.4 is 16.3 Å². The highest BCUT2D eigenvalue weighted by Crippen LogP contribution is 2.29. The number of hydrogen-bond donors (Lipinski definition) is 4. The lowest BCUT2D eigenvalue weighted by molar-refractivity contribution is -0.122. The van der Waals surface area contributed by atoms with Crippen LogP contribution in [0.4, 0.5) is 0 Å². The van der Waals surface area contributed by atoms with Gasteiger partial charge in [-0.05, 0) is 34.9 Å². The highest BCUT2D eigenvalue weighted by atomic mass is 16.3. The molecule has 1 heterocycles. The molecule has 136 valence electrons. The minimum absolute atomic E-state index is 0.0361. The number of carbonyl (C=O) groups is 1. The molecule has 27 heavy (non-hydrogen) atoms. The number of nitrogens with one attached hydrogen (secondary N) is 3. The fourth-order valence-corrected chi connectivity index (χ4v) is 3.33. The molecule has 0 saturated carbocycles. The molecule has 0 bridgehead atoms. The number of hydrazine groups is 1. The van der Waals surface area contributed by atoms with Crippen molar-refractivity contribution in [3.8, 4) is 5.75 Å². The second-order valence-corrected chi connectivity index (χ2v) is 6.49. The number of hydrogen-bond acceptors (Lipinski definition) is 5. The van der Waals surface area contributed by atoms with Gasteiger partial charge in [-0.1, -0.05) is 54.6 Å². The monoisotopic (exact) mass is 360 g/mol. The third-order valence-corrected chi connectivity index (χ3v) is 4.73. The maximum atomic E-state index is 12.4. The fraction of sp³-hybridized carbons (Fsp3) is 0.143. The second kappa shape index (κ2) is 7.57. The Hall–Kier alpha value is -3.22. The Bertz CT molecular complexity index is 997. The summed E-state index contributed by atoms with van der Waals surface area (Å²) in [5.41, 5.74) is 10.5. The van der Waals surface area contributed by atoms with Gasteiger partial charge >= 0.3 is 0 Å². The lowest BCUT2D eigenvalue weighted by atomic mass is 9.96. The molecule has 2 atom stereocenters. The minimum Gasteiger partial charge on any atom is -0.507 e. The van der Waals surface area contributed by atoms with Gasteiger partial charge in [0.2, 0.25) is 0 Å². The number of para-hydroxylation sites is 1. The summed E-state index contributed by atoms with van der Waals surface area (Å²) in [5, 5.41) is 16.0. The van der Waals surface area contributed by atoms with Gasteiger partial charge in [0.15, 0.2) is 0 Å². The van der Waals surface area contributed by atoms with Crippen molar-refractivity contribution in [1.29, 1.82) is 0 Å². The third kappa shape index (κ3) is 3.67. The summed E-state index contributed by atoms with van der Waals surface area (Å²) in [6, 6.07) is 20.9. The predicted molar refractivity (Wildman–Crippen MR) is 105 cm³/mol. The summed E-state index contributed by atoms with van der Waals surface area (Å²) in [4.78, 5) is 12.4.